The van der Waals surface area contributed by atoms with Gasteiger partial charge in [-0.15, -0.1) is 0 Å². The largest absolute Gasteiger partial charge is 0.736 e. The third-order valence-electron chi connectivity index (χ3n) is 5.65. The summed E-state index contributed by atoms with van der Waals surface area (Å²) in [5.74, 6) is 0.484. The van der Waals surface area contributed by atoms with E-state index in [-0.39, 0.29) is 33.2 Å². The van der Waals surface area contributed by atoms with Crippen molar-refractivity contribution in [2.75, 3.05) is 0 Å². The van der Waals surface area contributed by atoms with Gasteiger partial charge in [-0.3, -0.25) is 0 Å². The summed E-state index contributed by atoms with van der Waals surface area (Å²) in [5, 5.41) is 0. The number of phosphoric ester groups is 1. The Kier molecular flexibility index (Phi) is 7.88. The van der Waals surface area contributed by atoms with E-state index >= 15 is 0 Å². The van der Waals surface area contributed by atoms with Gasteiger partial charge in [-0.2, -0.15) is 0 Å². The SMILES string of the molecule is CC(C)(C)CC(C)(C)c1ccc(OP(=O)([O-])Oc2ccc(C(C)(C)CC(C)(C)C)cc2)cc1. The lowest BCUT2D eigenvalue weighted by atomic mass is 9.72. The summed E-state index contributed by atoms with van der Waals surface area (Å²) in [4.78, 5) is 12.5. The molecule has 0 atom stereocenters. The van der Waals surface area contributed by atoms with Crippen LogP contribution in [0.15, 0.2) is 48.5 Å². The maximum atomic E-state index is 12.5. The van der Waals surface area contributed by atoms with E-state index in [0.29, 0.717) is 0 Å². The molecule has 0 aromatic heterocycles. The minimum Gasteiger partial charge on any atom is -0.736 e. The number of phosphoric acid groups is 1. The first-order valence-corrected chi connectivity index (χ1v) is 13.2. The monoisotopic (exact) mass is 473 g/mol. The van der Waals surface area contributed by atoms with Crippen molar-refractivity contribution in [3.05, 3.63) is 59.7 Å². The van der Waals surface area contributed by atoms with Gasteiger partial charge < -0.3 is 13.9 Å². The Hall–Kier alpha value is -1.77. The highest BCUT2D eigenvalue weighted by molar-refractivity contribution is 7.46. The molecule has 2 aromatic rings. The summed E-state index contributed by atoms with van der Waals surface area (Å²) in [5.41, 5.74) is 2.59. The lowest BCUT2D eigenvalue weighted by Crippen LogP contribution is -2.24. The third-order valence-corrected chi connectivity index (χ3v) is 6.52. The first-order chi connectivity index (χ1) is 14.8. The fourth-order valence-electron chi connectivity index (χ4n) is 5.07. The van der Waals surface area contributed by atoms with E-state index in [2.05, 4.69) is 69.2 Å². The molecule has 2 aromatic carbocycles. The van der Waals surface area contributed by atoms with E-state index in [1.165, 1.54) is 0 Å². The van der Waals surface area contributed by atoms with Crippen LogP contribution in [0.3, 0.4) is 0 Å². The number of rotatable bonds is 8. The molecule has 0 amide bonds. The van der Waals surface area contributed by atoms with Gasteiger partial charge in [0.25, 0.3) is 0 Å². The van der Waals surface area contributed by atoms with Crippen LogP contribution in [0.5, 0.6) is 11.5 Å². The summed E-state index contributed by atoms with van der Waals surface area (Å²) in [7, 11) is -4.56. The summed E-state index contributed by atoms with van der Waals surface area (Å²) in [6.07, 6.45) is 2.01. The Bertz CT molecular complexity index is 881. The quantitative estimate of drug-likeness (QED) is 0.364. The second-order valence-electron chi connectivity index (χ2n) is 12.9. The lowest BCUT2D eigenvalue weighted by molar-refractivity contribution is -0.208. The van der Waals surface area contributed by atoms with E-state index in [1.807, 2.05) is 24.3 Å². The van der Waals surface area contributed by atoms with Crippen molar-refractivity contribution in [2.45, 2.75) is 92.9 Å². The van der Waals surface area contributed by atoms with Crippen LogP contribution in [-0.2, 0) is 15.4 Å². The van der Waals surface area contributed by atoms with E-state index in [0.717, 1.165) is 24.0 Å². The second-order valence-corrected chi connectivity index (χ2v) is 14.2. The van der Waals surface area contributed by atoms with Gasteiger partial charge >= 0.3 is 7.82 Å². The average Bonchev–Trinajstić information content (AvgIpc) is 2.57. The summed E-state index contributed by atoms with van der Waals surface area (Å²) in [6, 6.07) is 14.4. The van der Waals surface area contributed by atoms with Crippen LogP contribution in [0, 0.1) is 10.8 Å². The minimum atomic E-state index is -4.56. The molecule has 0 saturated heterocycles. The van der Waals surface area contributed by atoms with E-state index in [1.54, 1.807) is 24.3 Å². The number of benzene rings is 2. The molecular weight excluding hydrogens is 431 g/mol. The van der Waals surface area contributed by atoms with Crippen molar-refractivity contribution >= 4 is 7.82 Å². The maximum absolute atomic E-state index is 12.5. The molecule has 0 fully saturated rings. The molecule has 0 bridgehead atoms. The van der Waals surface area contributed by atoms with Crippen molar-refractivity contribution in [2.24, 2.45) is 10.8 Å². The molecule has 33 heavy (non-hydrogen) atoms. The van der Waals surface area contributed by atoms with E-state index < -0.39 is 7.82 Å². The normalized spacial score (nSPS) is 13.7. The average molecular weight is 474 g/mol. The highest BCUT2D eigenvalue weighted by Crippen LogP contribution is 2.43. The van der Waals surface area contributed by atoms with Crippen LogP contribution in [0.1, 0.15) is 93.2 Å². The van der Waals surface area contributed by atoms with Crippen LogP contribution in [-0.4, -0.2) is 0 Å². The Labute approximate surface area is 201 Å². The van der Waals surface area contributed by atoms with Gasteiger partial charge in [0.1, 0.15) is 11.5 Å². The topological polar surface area (TPSA) is 58.6 Å². The third kappa shape index (κ3) is 8.83. The molecule has 0 unspecified atom stereocenters. The molecule has 0 radical (unpaired) electrons. The molecule has 0 saturated carbocycles. The maximum Gasteiger partial charge on any atom is 0.372 e. The highest BCUT2D eigenvalue weighted by atomic mass is 31.2. The molecule has 0 aliphatic rings. The minimum absolute atomic E-state index is 0.0308. The fraction of sp³-hybridized carbons (Fsp3) is 0.571. The Morgan fingerprint density at radius 1 is 0.606 bits per heavy atom. The van der Waals surface area contributed by atoms with Crippen molar-refractivity contribution < 1.29 is 18.5 Å². The van der Waals surface area contributed by atoms with Crippen molar-refractivity contribution in [3.8, 4) is 11.5 Å². The van der Waals surface area contributed by atoms with E-state index in [4.69, 9.17) is 9.05 Å². The molecule has 0 aliphatic carbocycles. The lowest BCUT2D eigenvalue weighted by Gasteiger charge is -2.33. The first-order valence-electron chi connectivity index (χ1n) is 11.7. The number of hydrogen-bond acceptors (Lipinski definition) is 4. The van der Waals surface area contributed by atoms with Gasteiger partial charge in [0, 0.05) is 0 Å². The summed E-state index contributed by atoms with van der Waals surface area (Å²) >= 11 is 0. The summed E-state index contributed by atoms with van der Waals surface area (Å²) < 4.78 is 22.9. The Morgan fingerprint density at radius 3 is 1.12 bits per heavy atom. The zero-order valence-electron chi connectivity index (χ0n) is 22.1. The standard InChI is InChI=1S/C28H43O4P/c1-25(2,3)19-27(7,8)21-11-15-23(16-12-21)31-33(29,30)32-24-17-13-22(14-18-24)28(9,10)20-26(4,5)6/h11-18H,19-20H2,1-10H3,(H,29,30)/p-1. The van der Waals surface area contributed by atoms with Gasteiger partial charge in [-0.05, 0) is 69.9 Å². The summed E-state index contributed by atoms with van der Waals surface area (Å²) in [6.45, 7) is 22.1. The van der Waals surface area contributed by atoms with Crippen molar-refractivity contribution in [1.29, 1.82) is 0 Å². The molecule has 0 spiro atoms. The van der Waals surface area contributed by atoms with Gasteiger partial charge in [-0.1, -0.05) is 93.5 Å². The van der Waals surface area contributed by atoms with Crippen LogP contribution in [0.25, 0.3) is 0 Å². The first kappa shape index (κ1) is 27.5. The zero-order chi connectivity index (χ0) is 25.3. The van der Waals surface area contributed by atoms with Crippen LogP contribution in [0.4, 0.5) is 0 Å². The van der Waals surface area contributed by atoms with Gasteiger partial charge in [0.2, 0.25) is 0 Å². The molecule has 0 N–H and O–H groups in total. The molecular formula is C28H42O4P-. The predicted molar refractivity (Wildman–Crippen MR) is 136 cm³/mol. The van der Waals surface area contributed by atoms with Gasteiger partial charge in [-0.25, -0.2) is 4.57 Å². The smallest absolute Gasteiger partial charge is 0.372 e. The molecule has 2 rings (SSSR count). The molecule has 5 heteroatoms. The Balaban J connectivity index is 2.07. The van der Waals surface area contributed by atoms with Gasteiger partial charge in [0.15, 0.2) is 0 Å². The Morgan fingerprint density at radius 2 is 0.879 bits per heavy atom. The van der Waals surface area contributed by atoms with Crippen molar-refractivity contribution in [1.82, 2.24) is 0 Å². The molecule has 184 valence electrons. The second kappa shape index (κ2) is 9.47. The molecule has 0 heterocycles. The highest BCUT2D eigenvalue weighted by Gasteiger charge is 2.28. The van der Waals surface area contributed by atoms with Crippen LogP contribution in [0.2, 0.25) is 0 Å². The number of hydrogen-bond donors (Lipinski definition) is 0. The fourth-order valence-corrected chi connectivity index (χ4v) is 5.86. The molecule has 4 nitrogen and oxygen atoms in total. The van der Waals surface area contributed by atoms with Crippen LogP contribution < -0.4 is 13.9 Å². The predicted octanol–water partition coefficient (Wildman–Crippen LogP) is 8.04. The van der Waals surface area contributed by atoms with Crippen LogP contribution >= 0.6 is 7.82 Å². The zero-order valence-corrected chi connectivity index (χ0v) is 23.0. The van der Waals surface area contributed by atoms with Gasteiger partial charge in [0.05, 0.1) is 0 Å². The van der Waals surface area contributed by atoms with E-state index in [9.17, 15) is 9.46 Å². The molecule has 0 aliphatic heterocycles. The van der Waals surface area contributed by atoms with Crippen molar-refractivity contribution in [3.63, 3.8) is 0 Å².